The van der Waals surface area contributed by atoms with Gasteiger partial charge in [0, 0.05) is 25.5 Å². The third kappa shape index (κ3) is 1.63. The van der Waals surface area contributed by atoms with Crippen LogP contribution in [0.2, 0.25) is 0 Å². The van der Waals surface area contributed by atoms with Crippen molar-refractivity contribution in [3.8, 4) is 0 Å². The van der Waals surface area contributed by atoms with Gasteiger partial charge in [0.2, 0.25) is 0 Å². The predicted molar refractivity (Wildman–Crippen MR) is 54.4 cm³/mol. The number of rotatable bonds is 2. The lowest BCUT2D eigenvalue weighted by molar-refractivity contribution is -0.150. The van der Waals surface area contributed by atoms with Gasteiger partial charge in [-0.15, -0.1) is 0 Å². The standard InChI is InChI=1S/C10H15N3O2/c1-10(2,9(14)15)13-6-5-12-4-3-11-8(12)7-13/h3-4H,5-7H2,1-2H3,(H,14,15). The molecule has 0 amide bonds. The molecule has 0 unspecified atom stereocenters. The molecule has 0 aliphatic carbocycles. The minimum Gasteiger partial charge on any atom is -0.480 e. The molecule has 0 aromatic carbocycles. The van der Waals surface area contributed by atoms with Gasteiger partial charge in [0.05, 0.1) is 6.54 Å². The average Bonchev–Trinajstić information content (AvgIpc) is 2.63. The SMILES string of the molecule is CC(C)(C(=O)O)N1CCn2ccnc2C1. The first-order chi connectivity index (χ1) is 7.01. The van der Waals surface area contributed by atoms with Crippen molar-refractivity contribution in [3.63, 3.8) is 0 Å². The van der Waals surface area contributed by atoms with Crippen molar-refractivity contribution in [2.75, 3.05) is 6.54 Å². The first kappa shape index (κ1) is 10.2. The van der Waals surface area contributed by atoms with E-state index in [1.165, 1.54) is 0 Å². The summed E-state index contributed by atoms with van der Waals surface area (Å²) in [6.45, 7) is 5.63. The molecular weight excluding hydrogens is 194 g/mol. The molecule has 2 rings (SSSR count). The first-order valence-electron chi connectivity index (χ1n) is 5.00. The molecule has 5 nitrogen and oxygen atoms in total. The summed E-state index contributed by atoms with van der Waals surface area (Å²) in [5, 5.41) is 9.12. The third-order valence-corrected chi connectivity index (χ3v) is 3.06. The van der Waals surface area contributed by atoms with E-state index >= 15 is 0 Å². The molecule has 82 valence electrons. The second kappa shape index (κ2) is 3.34. The molecule has 1 aliphatic heterocycles. The van der Waals surface area contributed by atoms with E-state index < -0.39 is 11.5 Å². The number of aromatic nitrogens is 2. The van der Waals surface area contributed by atoms with Crippen molar-refractivity contribution in [1.29, 1.82) is 0 Å². The monoisotopic (exact) mass is 209 g/mol. The minimum absolute atomic E-state index is 0.603. The van der Waals surface area contributed by atoms with Gasteiger partial charge in [0.15, 0.2) is 0 Å². The van der Waals surface area contributed by atoms with Gasteiger partial charge in [0.1, 0.15) is 11.4 Å². The van der Waals surface area contributed by atoms with E-state index in [0.717, 1.165) is 18.9 Å². The van der Waals surface area contributed by atoms with Crippen molar-refractivity contribution in [2.24, 2.45) is 0 Å². The third-order valence-electron chi connectivity index (χ3n) is 3.06. The zero-order valence-corrected chi connectivity index (χ0v) is 8.97. The molecule has 0 atom stereocenters. The van der Waals surface area contributed by atoms with E-state index in [2.05, 4.69) is 9.55 Å². The van der Waals surface area contributed by atoms with Crippen molar-refractivity contribution >= 4 is 5.97 Å². The molecule has 15 heavy (non-hydrogen) atoms. The molecule has 5 heteroatoms. The van der Waals surface area contributed by atoms with Crippen LogP contribution < -0.4 is 0 Å². The second-order valence-electron chi connectivity index (χ2n) is 4.32. The Kier molecular flexibility index (Phi) is 2.26. The number of carboxylic acids is 1. The van der Waals surface area contributed by atoms with Gasteiger partial charge in [-0.25, -0.2) is 4.98 Å². The van der Waals surface area contributed by atoms with E-state index in [9.17, 15) is 4.79 Å². The number of fused-ring (bicyclic) bond motifs is 1. The molecule has 0 fully saturated rings. The topological polar surface area (TPSA) is 58.4 Å². The highest BCUT2D eigenvalue weighted by Crippen LogP contribution is 2.21. The van der Waals surface area contributed by atoms with Gasteiger partial charge in [-0.3, -0.25) is 9.69 Å². The summed E-state index contributed by atoms with van der Waals surface area (Å²) in [4.78, 5) is 17.3. The van der Waals surface area contributed by atoms with Gasteiger partial charge >= 0.3 is 5.97 Å². The summed E-state index contributed by atoms with van der Waals surface area (Å²) in [6, 6.07) is 0. The predicted octanol–water partition coefficient (Wildman–Crippen LogP) is 0.562. The Morgan fingerprint density at radius 1 is 1.53 bits per heavy atom. The number of carbonyl (C=O) groups is 1. The molecule has 0 radical (unpaired) electrons. The molecule has 1 aliphatic rings. The van der Waals surface area contributed by atoms with Crippen LogP contribution in [0.4, 0.5) is 0 Å². The molecule has 1 N–H and O–H groups in total. The lowest BCUT2D eigenvalue weighted by Crippen LogP contribution is -2.52. The molecular formula is C10H15N3O2. The summed E-state index contributed by atoms with van der Waals surface area (Å²) in [5.74, 6) is 0.151. The number of hydrogen-bond donors (Lipinski definition) is 1. The van der Waals surface area contributed by atoms with Gasteiger partial charge in [-0.2, -0.15) is 0 Å². The van der Waals surface area contributed by atoms with E-state index in [-0.39, 0.29) is 0 Å². The van der Waals surface area contributed by atoms with Crippen LogP contribution in [0.3, 0.4) is 0 Å². The van der Waals surface area contributed by atoms with Crippen LogP contribution in [0.15, 0.2) is 12.4 Å². The number of nitrogens with zero attached hydrogens (tertiary/aromatic N) is 3. The fourth-order valence-electron chi connectivity index (χ4n) is 1.79. The molecule has 1 aromatic rings. The average molecular weight is 209 g/mol. The van der Waals surface area contributed by atoms with Crippen LogP contribution in [0.1, 0.15) is 19.7 Å². The highest BCUT2D eigenvalue weighted by atomic mass is 16.4. The number of aliphatic carboxylic acids is 1. The first-order valence-corrected chi connectivity index (χ1v) is 5.00. The van der Waals surface area contributed by atoms with Crippen molar-refractivity contribution in [1.82, 2.24) is 14.5 Å². The summed E-state index contributed by atoms with van der Waals surface area (Å²) in [6.07, 6.45) is 3.69. The minimum atomic E-state index is -0.822. The smallest absolute Gasteiger partial charge is 0.323 e. The summed E-state index contributed by atoms with van der Waals surface area (Å²) < 4.78 is 2.06. The molecule has 0 saturated carbocycles. The number of imidazole rings is 1. The van der Waals surface area contributed by atoms with E-state index in [4.69, 9.17) is 5.11 Å². The van der Waals surface area contributed by atoms with Gasteiger partial charge in [0.25, 0.3) is 0 Å². The molecule has 0 spiro atoms. The Morgan fingerprint density at radius 3 is 2.93 bits per heavy atom. The molecule has 2 heterocycles. The van der Waals surface area contributed by atoms with Crippen LogP contribution >= 0.6 is 0 Å². The van der Waals surface area contributed by atoms with Crippen LogP contribution in [0, 0.1) is 0 Å². The highest BCUT2D eigenvalue weighted by Gasteiger charge is 2.36. The number of hydrogen-bond acceptors (Lipinski definition) is 3. The lowest BCUT2D eigenvalue weighted by atomic mass is 10.0. The zero-order valence-electron chi connectivity index (χ0n) is 8.97. The van der Waals surface area contributed by atoms with Crippen molar-refractivity contribution < 1.29 is 9.90 Å². The normalized spacial score (nSPS) is 17.5. The van der Waals surface area contributed by atoms with Crippen LogP contribution in [0.5, 0.6) is 0 Å². The maximum absolute atomic E-state index is 11.1. The van der Waals surface area contributed by atoms with Crippen LogP contribution in [-0.2, 0) is 17.9 Å². The largest absolute Gasteiger partial charge is 0.480 e. The quantitative estimate of drug-likeness (QED) is 0.773. The summed E-state index contributed by atoms with van der Waals surface area (Å²) in [7, 11) is 0. The van der Waals surface area contributed by atoms with E-state index in [1.807, 2.05) is 11.1 Å². The highest BCUT2D eigenvalue weighted by molar-refractivity contribution is 5.77. The van der Waals surface area contributed by atoms with E-state index in [0.29, 0.717) is 6.54 Å². The summed E-state index contributed by atoms with van der Waals surface area (Å²) >= 11 is 0. The van der Waals surface area contributed by atoms with Crippen molar-refractivity contribution in [2.45, 2.75) is 32.5 Å². The Hall–Kier alpha value is -1.36. The zero-order chi connectivity index (χ0) is 11.1. The maximum Gasteiger partial charge on any atom is 0.323 e. The number of carboxylic acid groups (broad SMARTS) is 1. The van der Waals surface area contributed by atoms with E-state index in [1.54, 1.807) is 20.0 Å². The van der Waals surface area contributed by atoms with Crippen LogP contribution in [0.25, 0.3) is 0 Å². The summed E-state index contributed by atoms with van der Waals surface area (Å²) in [5.41, 5.74) is -0.822. The maximum atomic E-state index is 11.1. The van der Waals surface area contributed by atoms with Gasteiger partial charge in [-0.1, -0.05) is 0 Å². The fourth-order valence-corrected chi connectivity index (χ4v) is 1.79. The lowest BCUT2D eigenvalue weighted by Gasteiger charge is -2.37. The molecule has 1 aromatic heterocycles. The Bertz CT molecular complexity index is 384. The van der Waals surface area contributed by atoms with Gasteiger partial charge < -0.3 is 9.67 Å². The molecule has 0 saturated heterocycles. The molecule has 0 bridgehead atoms. The Morgan fingerprint density at radius 2 is 2.27 bits per heavy atom. The Labute approximate surface area is 88.3 Å². The fraction of sp³-hybridized carbons (Fsp3) is 0.600. The van der Waals surface area contributed by atoms with Gasteiger partial charge in [-0.05, 0) is 13.8 Å². The van der Waals surface area contributed by atoms with Crippen LogP contribution in [-0.4, -0.2) is 37.6 Å². The van der Waals surface area contributed by atoms with Crippen molar-refractivity contribution in [3.05, 3.63) is 18.2 Å². The Balaban J connectivity index is 2.20. The second-order valence-corrected chi connectivity index (χ2v) is 4.32.